The van der Waals surface area contributed by atoms with Gasteiger partial charge in [-0.3, -0.25) is 9.59 Å². The smallest absolute Gasteiger partial charge is 0.260 e. The monoisotopic (exact) mass is 344 g/mol. The van der Waals surface area contributed by atoms with Crippen LogP contribution in [0, 0.1) is 5.82 Å². The fraction of sp³-hybridized carbons (Fsp3) is 0.467. The van der Waals surface area contributed by atoms with E-state index in [1.807, 2.05) is 0 Å². The zero-order valence-corrected chi connectivity index (χ0v) is 13.2. The molecule has 1 aliphatic rings. The Labute approximate surface area is 138 Å². The standard InChI is InChI=1S/C15H18ClFN2O4/c16-11-3-2-10(6-12(11)17)23-8-14(21)19-5-1-4-15(22,9-19)7-13(18)20/h2-3,6,22H,1,4-5,7-9H2,(H2,18,20). The number of hydrogen-bond acceptors (Lipinski definition) is 4. The molecule has 0 radical (unpaired) electrons. The zero-order valence-electron chi connectivity index (χ0n) is 12.4. The predicted molar refractivity (Wildman–Crippen MR) is 81.5 cm³/mol. The number of aliphatic hydroxyl groups is 1. The van der Waals surface area contributed by atoms with E-state index in [1.54, 1.807) is 0 Å². The molecular weight excluding hydrogens is 327 g/mol. The molecule has 23 heavy (non-hydrogen) atoms. The Morgan fingerprint density at radius 2 is 2.22 bits per heavy atom. The number of carbonyl (C=O) groups is 2. The van der Waals surface area contributed by atoms with Crippen molar-refractivity contribution in [2.75, 3.05) is 19.7 Å². The van der Waals surface area contributed by atoms with Gasteiger partial charge in [0.05, 0.1) is 17.0 Å². The van der Waals surface area contributed by atoms with Gasteiger partial charge in [-0.15, -0.1) is 0 Å². The number of ether oxygens (including phenoxy) is 1. The molecule has 1 aliphatic heterocycles. The molecule has 0 aromatic heterocycles. The number of benzene rings is 1. The predicted octanol–water partition coefficient (Wildman–Crippen LogP) is 1.09. The molecule has 8 heteroatoms. The van der Waals surface area contributed by atoms with Crippen LogP contribution < -0.4 is 10.5 Å². The van der Waals surface area contributed by atoms with Gasteiger partial charge in [-0.05, 0) is 25.0 Å². The maximum absolute atomic E-state index is 13.3. The van der Waals surface area contributed by atoms with Gasteiger partial charge in [0.2, 0.25) is 5.91 Å². The van der Waals surface area contributed by atoms with Crippen molar-refractivity contribution in [3.05, 3.63) is 29.0 Å². The zero-order chi connectivity index (χ0) is 17.0. The van der Waals surface area contributed by atoms with Crippen LogP contribution in [0.2, 0.25) is 5.02 Å². The lowest BCUT2D eigenvalue weighted by Gasteiger charge is -2.38. The van der Waals surface area contributed by atoms with E-state index in [1.165, 1.54) is 17.0 Å². The molecular formula is C15H18ClFN2O4. The molecule has 2 rings (SSSR count). The molecule has 0 bridgehead atoms. The first-order chi connectivity index (χ1) is 10.8. The van der Waals surface area contributed by atoms with Crippen molar-refractivity contribution >= 4 is 23.4 Å². The first-order valence-electron chi connectivity index (χ1n) is 7.15. The summed E-state index contributed by atoms with van der Waals surface area (Å²) in [6, 6.07) is 3.89. The third-order valence-corrected chi connectivity index (χ3v) is 3.97. The van der Waals surface area contributed by atoms with Crippen molar-refractivity contribution < 1.29 is 23.8 Å². The Bertz CT molecular complexity index is 613. The Kier molecular flexibility index (Phi) is 5.43. The molecule has 1 atom stereocenters. The quantitative estimate of drug-likeness (QED) is 0.836. The van der Waals surface area contributed by atoms with Gasteiger partial charge in [0.25, 0.3) is 5.91 Å². The number of nitrogens with two attached hydrogens (primary N) is 1. The highest BCUT2D eigenvalue weighted by Crippen LogP contribution is 2.25. The van der Waals surface area contributed by atoms with Gasteiger partial charge in [-0.2, -0.15) is 0 Å². The first kappa shape index (κ1) is 17.5. The van der Waals surface area contributed by atoms with Gasteiger partial charge in [0, 0.05) is 19.2 Å². The highest BCUT2D eigenvalue weighted by molar-refractivity contribution is 6.30. The van der Waals surface area contributed by atoms with E-state index < -0.39 is 17.3 Å². The third kappa shape index (κ3) is 4.80. The lowest BCUT2D eigenvalue weighted by Crippen LogP contribution is -2.52. The highest BCUT2D eigenvalue weighted by atomic mass is 35.5. The second-order valence-corrected chi connectivity index (χ2v) is 6.06. The maximum Gasteiger partial charge on any atom is 0.260 e. The summed E-state index contributed by atoms with van der Waals surface area (Å²) in [5.41, 5.74) is 3.82. The molecule has 0 aliphatic carbocycles. The van der Waals surface area contributed by atoms with Crippen LogP contribution in [-0.4, -0.2) is 47.1 Å². The molecule has 1 heterocycles. The van der Waals surface area contributed by atoms with Crippen LogP contribution in [0.5, 0.6) is 5.75 Å². The molecule has 126 valence electrons. The summed E-state index contributed by atoms with van der Waals surface area (Å²) >= 11 is 5.57. The summed E-state index contributed by atoms with van der Waals surface area (Å²) in [5.74, 6) is -1.42. The topological polar surface area (TPSA) is 92.9 Å². The fourth-order valence-corrected chi connectivity index (χ4v) is 2.71. The van der Waals surface area contributed by atoms with E-state index in [0.29, 0.717) is 19.4 Å². The number of halogens is 2. The molecule has 1 aromatic carbocycles. The summed E-state index contributed by atoms with van der Waals surface area (Å²) in [6.45, 7) is 0.180. The molecule has 1 saturated heterocycles. The number of primary amides is 1. The normalized spacial score (nSPS) is 21.1. The SMILES string of the molecule is NC(=O)CC1(O)CCCN(C(=O)COc2ccc(Cl)c(F)c2)C1. The summed E-state index contributed by atoms with van der Waals surface area (Å²) < 4.78 is 18.5. The molecule has 1 unspecified atom stereocenters. The third-order valence-electron chi connectivity index (χ3n) is 3.66. The van der Waals surface area contributed by atoms with Crippen LogP contribution in [0.25, 0.3) is 0 Å². The van der Waals surface area contributed by atoms with Crippen molar-refractivity contribution in [1.29, 1.82) is 0 Å². The second kappa shape index (κ2) is 7.14. The summed E-state index contributed by atoms with van der Waals surface area (Å²) in [5, 5.41) is 10.3. The highest BCUT2D eigenvalue weighted by Gasteiger charge is 2.36. The Hall–Kier alpha value is -1.86. The minimum atomic E-state index is -1.30. The fourth-order valence-electron chi connectivity index (χ4n) is 2.60. The number of nitrogens with zero attached hydrogens (tertiary/aromatic N) is 1. The van der Waals surface area contributed by atoms with Crippen LogP contribution >= 0.6 is 11.6 Å². The summed E-state index contributed by atoms with van der Waals surface area (Å²) in [6.07, 6.45) is 0.772. The largest absolute Gasteiger partial charge is 0.484 e. The first-order valence-corrected chi connectivity index (χ1v) is 7.53. The van der Waals surface area contributed by atoms with Gasteiger partial charge in [0.1, 0.15) is 11.6 Å². The van der Waals surface area contributed by atoms with E-state index in [2.05, 4.69) is 0 Å². The van der Waals surface area contributed by atoms with Crippen molar-refractivity contribution in [1.82, 2.24) is 4.90 Å². The minimum Gasteiger partial charge on any atom is -0.484 e. The van der Waals surface area contributed by atoms with E-state index >= 15 is 0 Å². The number of amides is 2. The van der Waals surface area contributed by atoms with E-state index in [0.717, 1.165) is 6.07 Å². The minimum absolute atomic E-state index is 0.0209. The van der Waals surface area contributed by atoms with Crippen molar-refractivity contribution in [3.8, 4) is 5.75 Å². The molecule has 1 aromatic rings. The summed E-state index contributed by atoms with van der Waals surface area (Å²) in [4.78, 5) is 24.6. The molecule has 1 fully saturated rings. The Morgan fingerprint density at radius 3 is 2.87 bits per heavy atom. The van der Waals surface area contributed by atoms with E-state index in [4.69, 9.17) is 22.1 Å². The average Bonchev–Trinajstić information content (AvgIpc) is 2.47. The maximum atomic E-state index is 13.3. The molecule has 3 N–H and O–H groups in total. The Morgan fingerprint density at radius 1 is 1.48 bits per heavy atom. The van der Waals surface area contributed by atoms with Gasteiger partial charge in [0.15, 0.2) is 6.61 Å². The van der Waals surface area contributed by atoms with Crippen LogP contribution in [0.15, 0.2) is 18.2 Å². The van der Waals surface area contributed by atoms with Gasteiger partial charge >= 0.3 is 0 Å². The number of carbonyl (C=O) groups excluding carboxylic acids is 2. The van der Waals surface area contributed by atoms with Gasteiger partial charge < -0.3 is 20.5 Å². The number of rotatable bonds is 5. The average molecular weight is 345 g/mol. The number of likely N-dealkylation sites (tertiary alicyclic amines) is 1. The number of piperidine rings is 1. The van der Waals surface area contributed by atoms with Crippen LogP contribution in [-0.2, 0) is 9.59 Å². The lowest BCUT2D eigenvalue weighted by molar-refractivity contribution is -0.143. The van der Waals surface area contributed by atoms with Crippen LogP contribution in [0.1, 0.15) is 19.3 Å². The van der Waals surface area contributed by atoms with Crippen molar-refractivity contribution in [2.45, 2.75) is 24.9 Å². The van der Waals surface area contributed by atoms with E-state index in [9.17, 15) is 19.1 Å². The molecule has 6 nitrogen and oxygen atoms in total. The van der Waals surface area contributed by atoms with Crippen LogP contribution in [0.4, 0.5) is 4.39 Å². The van der Waals surface area contributed by atoms with Crippen molar-refractivity contribution in [3.63, 3.8) is 0 Å². The lowest BCUT2D eigenvalue weighted by atomic mass is 9.89. The second-order valence-electron chi connectivity index (χ2n) is 5.65. The number of hydrogen-bond donors (Lipinski definition) is 2. The molecule has 0 spiro atoms. The van der Waals surface area contributed by atoms with Crippen molar-refractivity contribution in [2.24, 2.45) is 5.73 Å². The number of β-amino-alcohol motifs (C(OH)–C–C–N with tert-alkyl or cyclic N) is 1. The Balaban J connectivity index is 1.92. The molecule has 0 saturated carbocycles. The van der Waals surface area contributed by atoms with Gasteiger partial charge in [-0.1, -0.05) is 11.6 Å². The molecule has 2 amide bonds. The summed E-state index contributed by atoms with van der Waals surface area (Å²) in [7, 11) is 0. The van der Waals surface area contributed by atoms with Crippen LogP contribution in [0.3, 0.4) is 0 Å². The van der Waals surface area contributed by atoms with E-state index in [-0.39, 0.29) is 36.3 Å². The van der Waals surface area contributed by atoms with Gasteiger partial charge in [-0.25, -0.2) is 4.39 Å².